The van der Waals surface area contributed by atoms with Crippen molar-refractivity contribution in [3.63, 3.8) is 0 Å². The topological polar surface area (TPSA) is 62.2 Å². The van der Waals surface area contributed by atoms with Gasteiger partial charge in [0.2, 0.25) is 5.91 Å². The minimum Gasteiger partial charge on any atom is -0.332 e. The number of aromatic nitrogens is 3. The monoisotopic (exact) mass is 359 g/mol. The van der Waals surface area contributed by atoms with E-state index in [1.807, 2.05) is 38.9 Å². The first kappa shape index (κ1) is 17.9. The van der Waals surface area contributed by atoms with Crippen LogP contribution >= 0.6 is 11.3 Å². The zero-order valence-electron chi connectivity index (χ0n) is 15.3. The van der Waals surface area contributed by atoms with Crippen LogP contribution in [0.5, 0.6) is 0 Å². The van der Waals surface area contributed by atoms with Crippen molar-refractivity contribution in [3.05, 3.63) is 39.4 Å². The largest absolute Gasteiger partial charge is 0.332 e. The number of hydrogen-bond acceptors (Lipinski definition) is 6. The second kappa shape index (κ2) is 7.58. The van der Waals surface area contributed by atoms with Crippen molar-refractivity contribution in [2.24, 2.45) is 0 Å². The molecule has 0 N–H and O–H groups in total. The van der Waals surface area contributed by atoms with Crippen molar-refractivity contribution in [2.45, 2.75) is 45.7 Å². The van der Waals surface area contributed by atoms with Crippen LogP contribution in [0.4, 0.5) is 0 Å². The number of aryl methyl sites for hydroxylation is 2. The van der Waals surface area contributed by atoms with E-state index in [9.17, 15) is 4.79 Å². The lowest BCUT2D eigenvalue weighted by molar-refractivity contribution is -0.131. The third kappa shape index (κ3) is 4.22. The average Bonchev–Trinajstić information content (AvgIpc) is 3.14. The van der Waals surface area contributed by atoms with Gasteiger partial charge >= 0.3 is 0 Å². The van der Waals surface area contributed by atoms with Gasteiger partial charge in [0.25, 0.3) is 0 Å². The maximum Gasteiger partial charge on any atom is 0.228 e. The fraction of sp³-hybridized carbons (Fsp3) is 0.556. The first-order valence-corrected chi connectivity index (χ1v) is 9.44. The Morgan fingerprint density at radius 2 is 2.16 bits per heavy atom. The Kier molecular flexibility index (Phi) is 5.44. The minimum atomic E-state index is -0.0102. The summed E-state index contributed by atoms with van der Waals surface area (Å²) >= 11 is 1.61. The molecule has 1 atom stereocenters. The summed E-state index contributed by atoms with van der Waals surface area (Å²) in [4.78, 5) is 31.5. The molecule has 3 heterocycles. The SMILES string of the molecule is Cc1nc(C)c(CC(=O)N2CCC[C@H]2c2nccc(CN(C)C)n2)s1. The minimum absolute atomic E-state index is 0.0102. The number of amides is 1. The summed E-state index contributed by atoms with van der Waals surface area (Å²) in [5.74, 6) is 0.915. The average molecular weight is 359 g/mol. The van der Waals surface area contributed by atoms with E-state index in [1.165, 1.54) is 0 Å². The van der Waals surface area contributed by atoms with Crippen LogP contribution in [-0.2, 0) is 17.8 Å². The van der Waals surface area contributed by atoms with Gasteiger partial charge in [0.1, 0.15) is 0 Å². The standard InChI is InChI=1S/C18H25N5OS/c1-12-16(25-13(2)20-12)10-17(24)23-9-5-6-15(23)18-19-8-7-14(21-18)11-22(3)4/h7-8,15H,5-6,9-11H2,1-4H3/t15-/m0/s1. The van der Waals surface area contributed by atoms with E-state index < -0.39 is 0 Å². The second-order valence-electron chi connectivity index (χ2n) is 6.81. The molecule has 25 heavy (non-hydrogen) atoms. The molecule has 1 amide bonds. The molecule has 0 spiro atoms. The van der Waals surface area contributed by atoms with Gasteiger partial charge in [0, 0.05) is 24.2 Å². The fourth-order valence-corrected chi connectivity index (χ4v) is 4.22. The summed E-state index contributed by atoms with van der Waals surface area (Å²) in [6, 6.07) is 1.93. The number of nitrogens with zero attached hydrogens (tertiary/aromatic N) is 5. The molecule has 1 aliphatic heterocycles. The third-order valence-corrected chi connectivity index (χ3v) is 5.47. The number of likely N-dealkylation sites (tertiary alicyclic amines) is 1. The molecule has 0 aromatic carbocycles. The predicted octanol–water partition coefficient (Wildman–Crippen LogP) is 2.52. The molecule has 3 rings (SSSR count). The third-order valence-electron chi connectivity index (χ3n) is 4.39. The summed E-state index contributed by atoms with van der Waals surface area (Å²) in [5, 5.41) is 1.01. The van der Waals surface area contributed by atoms with Crippen LogP contribution in [0.3, 0.4) is 0 Å². The Balaban J connectivity index is 1.76. The van der Waals surface area contributed by atoms with E-state index in [0.29, 0.717) is 6.42 Å². The molecule has 2 aromatic heterocycles. The van der Waals surface area contributed by atoms with Crippen molar-refractivity contribution < 1.29 is 4.79 Å². The van der Waals surface area contributed by atoms with Crippen molar-refractivity contribution in [1.82, 2.24) is 24.8 Å². The summed E-state index contributed by atoms with van der Waals surface area (Å²) in [6.45, 7) is 5.51. The van der Waals surface area contributed by atoms with Crippen LogP contribution in [0.25, 0.3) is 0 Å². The Bertz CT molecular complexity index is 758. The van der Waals surface area contributed by atoms with Gasteiger partial charge in [0.05, 0.1) is 28.9 Å². The Hall–Kier alpha value is -1.86. The highest BCUT2D eigenvalue weighted by Gasteiger charge is 2.32. The smallest absolute Gasteiger partial charge is 0.228 e. The van der Waals surface area contributed by atoms with E-state index in [2.05, 4.69) is 14.9 Å². The highest BCUT2D eigenvalue weighted by molar-refractivity contribution is 7.11. The van der Waals surface area contributed by atoms with E-state index in [1.54, 1.807) is 17.5 Å². The van der Waals surface area contributed by atoms with Gasteiger partial charge in [-0.25, -0.2) is 15.0 Å². The summed E-state index contributed by atoms with van der Waals surface area (Å²) in [5.41, 5.74) is 1.96. The second-order valence-corrected chi connectivity index (χ2v) is 8.10. The lowest BCUT2D eigenvalue weighted by Crippen LogP contribution is -2.32. The molecule has 0 saturated carbocycles. The summed E-state index contributed by atoms with van der Waals surface area (Å²) in [7, 11) is 4.04. The van der Waals surface area contributed by atoms with Gasteiger partial charge in [0.15, 0.2) is 5.82 Å². The lowest BCUT2D eigenvalue weighted by atomic mass is 10.2. The summed E-state index contributed by atoms with van der Waals surface area (Å²) < 4.78 is 0. The van der Waals surface area contributed by atoms with E-state index >= 15 is 0 Å². The van der Waals surface area contributed by atoms with Crippen LogP contribution in [0.1, 0.15) is 46.0 Å². The zero-order valence-corrected chi connectivity index (χ0v) is 16.1. The Morgan fingerprint density at radius 3 is 2.84 bits per heavy atom. The quantitative estimate of drug-likeness (QED) is 0.821. The molecule has 0 unspecified atom stereocenters. The molecule has 1 aliphatic rings. The molecule has 1 fully saturated rings. The van der Waals surface area contributed by atoms with E-state index in [-0.39, 0.29) is 11.9 Å². The maximum atomic E-state index is 12.9. The van der Waals surface area contributed by atoms with Crippen LogP contribution in [0, 0.1) is 13.8 Å². The molecule has 2 aromatic rings. The normalized spacial score (nSPS) is 17.5. The van der Waals surface area contributed by atoms with Crippen LogP contribution in [-0.4, -0.2) is 51.3 Å². The molecule has 0 radical (unpaired) electrons. The Morgan fingerprint density at radius 1 is 1.36 bits per heavy atom. The lowest BCUT2D eigenvalue weighted by Gasteiger charge is -2.24. The molecule has 1 saturated heterocycles. The van der Waals surface area contributed by atoms with Crippen LogP contribution in [0.15, 0.2) is 12.3 Å². The number of thiazole rings is 1. The van der Waals surface area contributed by atoms with Crippen LogP contribution in [0.2, 0.25) is 0 Å². The van der Waals surface area contributed by atoms with Gasteiger partial charge in [-0.1, -0.05) is 0 Å². The Labute approximate surface area is 152 Å². The fourth-order valence-electron chi connectivity index (χ4n) is 3.30. The molecule has 7 heteroatoms. The highest BCUT2D eigenvalue weighted by Crippen LogP contribution is 2.31. The molecular weight excluding hydrogens is 334 g/mol. The first-order chi connectivity index (χ1) is 11.9. The van der Waals surface area contributed by atoms with Crippen molar-refractivity contribution in [2.75, 3.05) is 20.6 Å². The number of hydrogen-bond donors (Lipinski definition) is 0. The van der Waals surface area contributed by atoms with E-state index in [4.69, 9.17) is 4.98 Å². The maximum absolute atomic E-state index is 12.9. The summed E-state index contributed by atoms with van der Waals surface area (Å²) in [6.07, 6.45) is 4.15. The van der Waals surface area contributed by atoms with Crippen molar-refractivity contribution in [3.8, 4) is 0 Å². The van der Waals surface area contributed by atoms with Crippen LogP contribution < -0.4 is 0 Å². The zero-order chi connectivity index (χ0) is 18.0. The predicted molar refractivity (Wildman–Crippen MR) is 98.4 cm³/mol. The molecule has 0 bridgehead atoms. The van der Waals surface area contributed by atoms with Gasteiger partial charge in [-0.2, -0.15) is 0 Å². The van der Waals surface area contributed by atoms with Gasteiger partial charge in [-0.05, 0) is 46.9 Å². The molecule has 6 nitrogen and oxygen atoms in total. The molecular formula is C18H25N5OS. The highest BCUT2D eigenvalue weighted by atomic mass is 32.1. The number of rotatable bonds is 5. The molecule has 134 valence electrons. The van der Waals surface area contributed by atoms with Gasteiger partial charge in [-0.15, -0.1) is 11.3 Å². The van der Waals surface area contributed by atoms with E-state index in [0.717, 1.165) is 53.0 Å². The first-order valence-electron chi connectivity index (χ1n) is 8.63. The number of carbonyl (C=O) groups excluding carboxylic acids is 1. The van der Waals surface area contributed by atoms with Crippen molar-refractivity contribution >= 4 is 17.2 Å². The van der Waals surface area contributed by atoms with Crippen molar-refractivity contribution in [1.29, 1.82) is 0 Å². The van der Waals surface area contributed by atoms with Gasteiger partial charge in [-0.3, -0.25) is 4.79 Å². The number of carbonyl (C=O) groups is 1. The molecule has 0 aliphatic carbocycles. The van der Waals surface area contributed by atoms with Gasteiger partial charge < -0.3 is 9.80 Å².